The number of fused-ring (bicyclic) bond motifs is 1. The van der Waals surface area contributed by atoms with E-state index >= 15 is 0 Å². The maximum atomic E-state index is 12.4. The highest BCUT2D eigenvalue weighted by molar-refractivity contribution is 5.98. The molecule has 0 bridgehead atoms. The molecule has 1 N–H and O–H groups in total. The van der Waals surface area contributed by atoms with E-state index in [1.165, 1.54) is 10.6 Å². The summed E-state index contributed by atoms with van der Waals surface area (Å²) in [4.78, 5) is 27.7. The zero-order valence-electron chi connectivity index (χ0n) is 17.7. The largest absolute Gasteiger partial charge is 0.369 e. The van der Waals surface area contributed by atoms with Crippen molar-refractivity contribution in [2.24, 2.45) is 0 Å². The number of aromatic nitrogens is 3. The first-order valence-electron chi connectivity index (χ1n) is 9.99. The molecule has 8 nitrogen and oxygen atoms in total. The Morgan fingerprint density at radius 1 is 1.17 bits per heavy atom. The molecule has 1 amide bonds. The highest BCUT2D eigenvalue weighted by Gasteiger charge is 2.18. The van der Waals surface area contributed by atoms with Gasteiger partial charge in [-0.05, 0) is 37.4 Å². The van der Waals surface area contributed by atoms with Gasteiger partial charge in [0.25, 0.3) is 5.91 Å². The van der Waals surface area contributed by atoms with Gasteiger partial charge >= 0.3 is 0 Å². The first-order chi connectivity index (χ1) is 14.5. The minimum absolute atomic E-state index is 0.109. The number of likely N-dealkylation sites (N-methyl/N-ethyl adjacent to an activating group) is 1. The third-order valence-corrected chi connectivity index (χ3v) is 5.38. The Labute approximate surface area is 176 Å². The predicted octanol–water partition coefficient (Wildman–Crippen LogP) is 2.73. The van der Waals surface area contributed by atoms with Gasteiger partial charge in [0.05, 0.1) is 0 Å². The fourth-order valence-corrected chi connectivity index (χ4v) is 3.60. The van der Waals surface area contributed by atoms with Crippen LogP contribution in [0.5, 0.6) is 0 Å². The molecule has 0 aliphatic carbocycles. The van der Waals surface area contributed by atoms with Gasteiger partial charge in [0.2, 0.25) is 5.95 Å². The van der Waals surface area contributed by atoms with Gasteiger partial charge in [-0.15, -0.1) is 0 Å². The second-order valence-corrected chi connectivity index (χ2v) is 7.72. The van der Waals surface area contributed by atoms with Crippen molar-refractivity contribution >= 4 is 40.5 Å². The summed E-state index contributed by atoms with van der Waals surface area (Å²) in [6.07, 6.45) is 3.32. The van der Waals surface area contributed by atoms with E-state index in [1.807, 2.05) is 12.1 Å². The lowest BCUT2D eigenvalue weighted by molar-refractivity contribution is 0.0821. The lowest BCUT2D eigenvalue weighted by atomic mass is 10.2. The summed E-state index contributed by atoms with van der Waals surface area (Å²) in [5, 5.41) is 4.04. The van der Waals surface area contributed by atoms with E-state index < -0.39 is 0 Å². The van der Waals surface area contributed by atoms with Gasteiger partial charge in [-0.25, -0.2) is 4.98 Å². The SMILES string of the molecule is C=Cn1c(C(=O)N(C)C)cc2cnc(Nc3ccc(N4CCN(C)CC4)cc3)nc21. The number of nitrogens with zero attached hydrogens (tertiary/aromatic N) is 6. The van der Waals surface area contributed by atoms with E-state index in [2.05, 4.69) is 50.8 Å². The summed E-state index contributed by atoms with van der Waals surface area (Å²) in [6.45, 7) is 8.06. The topological polar surface area (TPSA) is 69.5 Å². The summed E-state index contributed by atoms with van der Waals surface area (Å²) in [7, 11) is 5.60. The zero-order valence-corrected chi connectivity index (χ0v) is 17.7. The number of hydrogen-bond donors (Lipinski definition) is 1. The number of anilines is 3. The van der Waals surface area contributed by atoms with Crippen LogP contribution < -0.4 is 10.2 Å². The molecule has 1 saturated heterocycles. The van der Waals surface area contributed by atoms with Crippen molar-refractivity contribution in [1.82, 2.24) is 24.3 Å². The molecule has 30 heavy (non-hydrogen) atoms. The number of carbonyl (C=O) groups excluding carboxylic acids is 1. The van der Waals surface area contributed by atoms with Crippen molar-refractivity contribution < 1.29 is 4.79 Å². The first kappa shape index (κ1) is 19.9. The lowest BCUT2D eigenvalue weighted by Gasteiger charge is -2.34. The van der Waals surface area contributed by atoms with Gasteiger partial charge in [0.1, 0.15) is 11.3 Å². The van der Waals surface area contributed by atoms with Crippen molar-refractivity contribution in [3.05, 3.63) is 48.8 Å². The summed E-state index contributed by atoms with van der Waals surface area (Å²) >= 11 is 0. The number of nitrogens with one attached hydrogen (secondary N) is 1. The average molecular weight is 406 g/mol. The van der Waals surface area contributed by atoms with Gasteiger partial charge in [-0.2, -0.15) is 4.98 Å². The Morgan fingerprint density at radius 3 is 2.50 bits per heavy atom. The molecule has 3 heterocycles. The smallest absolute Gasteiger partial charge is 0.270 e. The molecule has 0 saturated carbocycles. The van der Waals surface area contributed by atoms with E-state index in [0.717, 1.165) is 37.3 Å². The van der Waals surface area contributed by atoms with Crippen molar-refractivity contribution in [2.75, 3.05) is 57.5 Å². The Hall–Kier alpha value is -3.39. The van der Waals surface area contributed by atoms with Crippen molar-refractivity contribution in [3.8, 4) is 0 Å². The summed E-state index contributed by atoms with van der Waals surface area (Å²) in [5.74, 6) is 0.363. The monoisotopic (exact) mass is 405 g/mol. The van der Waals surface area contributed by atoms with Gasteiger partial charge in [-0.1, -0.05) is 6.58 Å². The zero-order chi connectivity index (χ0) is 21.3. The van der Waals surface area contributed by atoms with Crippen molar-refractivity contribution in [1.29, 1.82) is 0 Å². The number of hydrogen-bond acceptors (Lipinski definition) is 6. The number of amides is 1. The van der Waals surface area contributed by atoms with Crippen LogP contribution in [0, 0.1) is 0 Å². The van der Waals surface area contributed by atoms with Crippen LogP contribution in [0.4, 0.5) is 17.3 Å². The Bertz CT molecular complexity index is 1060. The maximum absolute atomic E-state index is 12.4. The van der Waals surface area contributed by atoms with E-state index in [1.54, 1.807) is 37.1 Å². The van der Waals surface area contributed by atoms with Gasteiger partial charge in [-0.3, -0.25) is 9.36 Å². The quantitative estimate of drug-likeness (QED) is 0.704. The van der Waals surface area contributed by atoms with Crippen molar-refractivity contribution in [3.63, 3.8) is 0 Å². The van der Waals surface area contributed by atoms with Crippen molar-refractivity contribution in [2.45, 2.75) is 0 Å². The number of benzene rings is 1. The van der Waals surface area contributed by atoms with Crippen LogP contribution in [-0.4, -0.2) is 77.6 Å². The standard InChI is InChI=1S/C22H27N7O/c1-5-29-19(21(30)26(2)3)14-16-15-23-22(25-20(16)29)24-17-6-8-18(9-7-17)28-12-10-27(4)11-13-28/h5-9,14-15H,1,10-13H2,2-4H3,(H,23,24,25). The van der Waals surface area contributed by atoms with Gasteiger partial charge in [0, 0.05) is 69.4 Å². The van der Waals surface area contributed by atoms with Crippen LogP contribution in [0.15, 0.2) is 43.1 Å². The molecular formula is C22H27N7O. The fraction of sp³-hybridized carbons (Fsp3) is 0.318. The molecule has 0 radical (unpaired) electrons. The molecule has 1 fully saturated rings. The lowest BCUT2D eigenvalue weighted by Crippen LogP contribution is -2.44. The van der Waals surface area contributed by atoms with Crippen LogP contribution in [0.3, 0.4) is 0 Å². The minimum atomic E-state index is -0.109. The molecule has 3 aromatic rings. The van der Waals surface area contributed by atoms with E-state index in [-0.39, 0.29) is 5.91 Å². The second kappa shape index (κ2) is 8.16. The molecule has 1 aliphatic rings. The Balaban J connectivity index is 1.55. The minimum Gasteiger partial charge on any atom is -0.369 e. The molecule has 8 heteroatoms. The molecule has 2 aromatic heterocycles. The number of piperazine rings is 1. The summed E-state index contributed by atoms with van der Waals surface area (Å²) in [5.41, 5.74) is 3.28. The number of carbonyl (C=O) groups is 1. The normalized spacial score (nSPS) is 14.7. The molecule has 0 spiro atoms. The number of rotatable bonds is 5. The first-order valence-corrected chi connectivity index (χ1v) is 9.99. The van der Waals surface area contributed by atoms with Gasteiger partial charge < -0.3 is 20.0 Å². The van der Waals surface area contributed by atoms with Crippen LogP contribution in [0.25, 0.3) is 17.2 Å². The molecule has 0 atom stereocenters. The van der Waals surface area contributed by atoms with Crippen LogP contribution >= 0.6 is 0 Å². The highest BCUT2D eigenvalue weighted by atomic mass is 16.2. The fourth-order valence-electron chi connectivity index (χ4n) is 3.60. The molecule has 4 rings (SSSR count). The van der Waals surface area contributed by atoms with Crippen LogP contribution in [-0.2, 0) is 0 Å². The van der Waals surface area contributed by atoms with E-state index in [9.17, 15) is 4.79 Å². The second-order valence-electron chi connectivity index (χ2n) is 7.72. The maximum Gasteiger partial charge on any atom is 0.270 e. The molecule has 0 unspecified atom stereocenters. The van der Waals surface area contributed by atoms with Crippen LogP contribution in [0.2, 0.25) is 0 Å². The molecule has 156 valence electrons. The van der Waals surface area contributed by atoms with Crippen LogP contribution in [0.1, 0.15) is 10.5 Å². The van der Waals surface area contributed by atoms with E-state index in [0.29, 0.717) is 17.3 Å². The summed E-state index contributed by atoms with van der Waals surface area (Å²) < 4.78 is 1.70. The molecule has 1 aromatic carbocycles. The summed E-state index contributed by atoms with van der Waals surface area (Å²) in [6, 6.07) is 10.1. The highest BCUT2D eigenvalue weighted by Crippen LogP contribution is 2.23. The molecule has 1 aliphatic heterocycles. The van der Waals surface area contributed by atoms with E-state index in [4.69, 9.17) is 0 Å². The third-order valence-electron chi connectivity index (χ3n) is 5.38. The van der Waals surface area contributed by atoms with Gasteiger partial charge in [0.15, 0.2) is 0 Å². The average Bonchev–Trinajstić information content (AvgIpc) is 3.12. The predicted molar refractivity (Wildman–Crippen MR) is 121 cm³/mol. The Morgan fingerprint density at radius 2 is 1.87 bits per heavy atom. The third kappa shape index (κ3) is 3.86. The Kier molecular flexibility index (Phi) is 5.41. The molecular weight excluding hydrogens is 378 g/mol.